The Balaban J connectivity index is 2.23. The first-order chi connectivity index (χ1) is 14.3. The number of amides is 2. The van der Waals surface area contributed by atoms with Crippen molar-refractivity contribution in [1.82, 2.24) is 4.90 Å². The second-order valence-corrected chi connectivity index (χ2v) is 7.53. The second-order valence-electron chi connectivity index (χ2n) is 7.53. The van der Waals surface area contributed by atoms with Gasteiger partial charge in [0, 0.05) is 0 Å². The molecule has 0 spiro atoms. The van der Waals surface area contributed by atoms with E-state index in [4.69, 9.17) is 10.5 Å². The quantitative estimate of drug-likeness (QED) is 0.654. The zero-order valence-electron chi connectivity index (χ0n) is 17.2. The van der Waals surface area contributed by atoms with E-state index in [9.17, 15) is 19.5 Å². The molecule has 0 saturated carbocycles. The van der Waals surface area contributed by atoms with E-state index < -0.39 is 30.1 Å². The lowest BCUT2D eigenvalue weighted by atomic mass is 10.0. The normalized spacial score (nSPS) is 12.8. The molecule has 2 rings (SSSR count). The summed E-state index contributed by atoms with van der Waals surface area (Å²) >= 11 is 0. The summed E-state index contributed by atoms with van der Waals surface area (Å²) < 4.78 is 5.27. The van der Waals surface area contributed by atoms with E-state index in [1.165, 1.54) is 0 Å². The highest BCUT2D eigenvalue weighted by Crippen LogP contribution is 2.17. The molecule has 0 fully saturated rings. The predicted octanol–water partition coefficient (Wildman–Crippen LogP) is 3.22. The highest BCUT2D eigenvalue weighted by atomic mass is 16.6. The number of aliphatic carboxylic acids is 1. The minimum absolute atomic E-state index is 0.0614. The fraction of sp³-hybridized carbons (Fsp3) is 0.348. The lowest BCUT2D eigenvalue weighted by Crippen LogP contribution is -2.55. The number of carboxylic acids is 1. The van der Waals surface area contributed by atoms with Crippen LogP contribution in [0.2, 0.25) is 0 Å². The van der Waals surface area contributed by atoms with Crippen molar-refractivity contribution < 1.29 is 24.2 Å². The van der Waals surface area contributed by atoms with E-state index in [0.29, 0.717) is 4.90 Å². The fourth-order valence-corrected chi connectivity index (χ4v) is 3.06. The Bertz CT molecular complexity index is 839. The van der Waals surface area contributed by atoms with E-state index in [-0.39, 0.29) is 25.4 Å². The molecule has 0 saturated heterocycles. The first-order valence-electron chi connectivity index (χ1n) is 9.85. The third-order valence-electron chi connectivity index (χ3n) is 4.55. The van der Waals surface area contributed by atoms with Crippen LogP contribution in [0.1, 0.15) is 31.4 Å². The number of carbonyl (C=O) groups is 3. The smallest absolute Gasteiger partial charge is 0.417 e. The van der Waals surface area contributed by atoms with Crippen LogP contribution in [0.4, 0.5) is 4.79 Å². The molecule has 0 radical (unpaired) electrons. The molecule has 2 unspecified atom stereocenters. The molecule has 0 aliphatic heterocycles. The Morgan fingerprint density at radius 1 is 0.967 bits per heavy atom. The molecule has 160 valence electrons. The number of rotatable bonds is 9. The summed E-state index contributed by atoms with van der Waals surface area (Å²) in [4.78, 5) is 38.4. The number of benzene rings is 2. The van der Waals surface area contributed by atoms with Gasteiger partial charge in [-0.05, 0) is 29.9 Å². The topological polar surface area (TPSA) is 110 Å². The summed E-state index contributed by atoms with van der Waals surface area (Å²) in [5.41, 5.74) is 7.61. The zero-order chi connectivity index (χ0) is 22.1. The van der Waals surface area contributed by atoms with Gasteiger partial charge in [-0.15, -0.1) is 0 Å². The Labute approximate surface area is 176 Å². The van der Waals surface area contributed by atoms with Gasteiger partial charge in [-0.3, -0.25) is 4.79 Å². The summed E-state index contributed by atoms with van der Waals surface area (Å²) in [6, 6.07) is 15.6. The first-order valence-corrected chi connectivity index (χ1v) is 9.85. The minimum Gasteiger partial charge on any atom is -0.480 e. The van der Waals surface area contributed by atoms with E-state index in [0.717, 1.165) is 11.1 Å². The molecule has 0 heterocycles. The Kier molecular flexibility index (Phi) is 8.55. The molecule has 0 aliphatic carbocycles. The van der Waals surface area contributed by atoms with Gasteiger partial charge in [-0.2, -0.15) is 0 Å². The summed E-state index contributed by atoms with van der Waals surface area (Å²) in [7, 11) is 0. The first kappa shape index (κ1) is 23.1. The van der Waals surface area contributed by atoms with Crippen molar-refractivity contribution >= 4 is 18.0 Å². The molecule has 7 nitrogen and oxygen atoms in total. The van der Waals surface area contributed by atoms with Crippen LogP contribution in [0.3, 0.4) is 0 Å². The van der Waals surface area contributed by atoms with Crippen molar-refractivity contribution in [2.75, 3.05) is 0 Å². The minimum atomic E-state index is -1.36. The van der Waals surface area contributed by atoms with Crippen molar-refractivity contribution in [3.63, 3.8) is 0 Å². The highest BCUT2D eigenvalue weighted by Gasteiger charge is 2.38. The van der Waals surface area contributed by atoms with Gasteiger partial charge in [-0.1, -0.05) is 74.5 Å². The third-order valence-corrected chi connectivity index (χ3v) is 4.55. The van der Waals surface area contributed by atoms with Gasteiger partial charge in [0.1, 0.15) is 12.6 Å². The molecule has 2 aromatic rings. The number of nitrogens with zero attached hydrogens (tertiary/aromatic N) is 1. The van der Waals surface area contributed by atoms with Gasteiger partial charge in [0.15, 0.2) is 0 Å². The van der Waals surface area contributed by atoms with Crippen molar-refractivity contribution in [2.24, 2.45) is 11.7 Å². The zero-order valence-corrected chi connectivity index (χ0v) is 17.2. The molecule has 0 bridgehead atoms. The van der Waals surface area contributed by atoms with Gasteiger partial charge >= 0.3 is 12.1 Å². The lowest BCUT2D eigenvalue weighted by molar-refractivity contribution is -0.150. The number of hydrogen-bond donors (Lipinski definition) is 2. The fourth-order valence-electron chi connectivity index (χ4n) is 3.06. The Hall–Kier alpha value is -3.19. The molecule has 2 amide bonds. The van der Waals surface area contributed by atoms with Crippen LogP contribution in [-0.4, -0.2) is 40.1 Å². The van der Waals surface area contributed by atoms with Crippen LogP contribution in [0, 0.1) is 5.92 Å². The predicted molar refractivity (Wildman–Crippen MR) is 112 cm³/mol. The van der Waals surface area contributed by atoms with Gasteiger partial charge in [-0.25, -0.2) is 14.5 Å². The molecule has 30 heavy (non-hydrogen) atoms. The van der Waals surface area contributed by atoms with Gasteiger partial charge < -0.3 is 15.6 Å². The van der Waals surface area contributed by atoms with Crippen molar-refractivity contribution in [3.8, 4) is 0 Å². The van der Waals surface area contributed by atoms with Crippen LogP contribution in [-0.2, 0) is 27.4 Å². The van der Waals surface area contributed by atoms with E-state index in [2.05, 4.69) is 0 Å². The van der Waals surface area contributed by atoms with Gasteiger partial charge in [0.2, 0.25) is 5.91 Å². The van der Waals surface area contributed by atoms with Crippen LogP contribution in [0.25, 0.3) is 0 Å². The third kappa shape index (κ3) is 6.70. The maximum absolute atomic E-state index is 13.1. The Morgan fingerprint density at radius 3 is 2.00 bits per heavy atom. The van der Waals surface area contributed by atoms with Crippen molar-refractivity contribution in [2.45, 2.75) is 45.4 Å². The second kappa shape index (κ2) is 11.1. The van der Waals surface area contributed by atoms with Gasteiger partial charge in [0.25, 0.3) is 0 Å². The molecular formula is C23H28N2O5. The number of imide groups is 1. The average Bonchev–Trinajstić information content (AvgIpc) is 2.72. The monoisotopic (exact) mass is 412 g/mol. The molecule has 2 atom stereocenters. The maximum Gasteiger partial charge on any atom is 0.417 e. The van der Waals surface area contributed by atoms with Crippen LogP contribution >= 0.6 is 0 Å². The highest BCUT2D eigenvalue weighted by molar-refractivity contribution is 5.99. The number of ether oxygens (including phenoxy) is 1. The summed E-state index contributed by atoms with van der Waals surface area (Å²) in [5.74, 6) is -2.11. The standard InChI is InChI=1S/C23H28N2O5/c1-16(2)13-20(22(27)28)25(23(29)30-15-18-11-7-4-8-12-18)21(26)19(24)14-17-9-5-3-6-10-17/h3-12,16,19-20H,13-15,24H2,1-2H3,(H,27,28). The summed E-state index contributed by atoms with van der Waals surface area (Å²) in [6.07, 6.45) is -0.740. The lowest BCUT2D eigenvalue weighted by Gasteiger charge is -2.29. The molecule has 0 aromatic heterocycles. The molecule has 2 aromatic carbocycles. The van der Waals surface area contributed by atoms with Crippen molar-refractivity contribution in [3.05, 3.63) is 71.8 Å². The largest absolute Gasteiger partial charge is 0.480 e. The van der Waals surface area contributed by atoms with E-state index in [1.54, 1.807) is 24.3 Å². The van der Waals surface area contributed by atoms with Crippen molar-refractivity contribution in [1.29, 1.82) is 0 Å². The SMILES string of the molecule is CC(C)CC(C(=O)O)N(C(=O)OCc1ccccc1)C(=O)C(N)Cc1ccccc1. The number of nitrogens with two attached hydrogens (primary N) is 1. The molecular weight excluding hydrogens is 384 g/mol. The summed E-state index contributed by atoms with van der Waals surface area (Å²) in [6.45, 7) is 3.56. The number of carbonyl (C=O) groups excluding carboxylic acids is 2. The molecule has 3 N–H and O–H groups in total. The Morgan fingerprint density at radius 2 is 1.50 bits per heavy atom. The summed E-state index contributed by atoms with van der Waals surface area (Å²) in [5, 5.41) is 9.70. The van der Waals surface area contributed by atoms with Crippen LogP contribution in [0.15, 0.2) is 60.7 Å². The molecule has 7 heteroatoms. The average molecular weight is 412 g/mol. The number of hydrogen-bond acceptors (Lipinski definition) is 5. The van der Waals surface area contributed by atoms with Gasteiger partial charge in [0.05, 0.1) is 6.04 Å². The maximum atomic E-state index is 13.1. The number of carboxylic acid groups (broad SMARTS) is 1. The van der Waals surface area contributed by atoms with Crippen LogP contribution in [0.5, 0.6) is 0 Å². The van der Waals surface area contributed by atoms with E-state index >= 15 is 0 Å². The van der Waals surface area contributed by atoms with Crippen LogP contribution < -0.4 is 5.73 Å². The molecule has 0 aliphatic rings. The van der Waals surface area contributed by atoms with E-state index in [1.807, 2.05) is 50.2 Å².